The summed E-state index contributed by atoms with van der Waals surface area (Å²) in [6, 6.07) is 0. The Balaban J connectivity index is 2.28. The normalized spacial score (nSPS) is 33.6. The standard InChI is InChI=1S/C8H15BrO/c1-6(2)7-3-8(4-9)10-5-7/h6-8H,3-5H2,1-2H3. The van der Waals surface area contributed by atoms with Crippen LogP contribution in [0.4, 0.5) is 0 Å². The molecular formula is C8H15BrO. The third-order valence-electron chi connectivity index (χ3n) is 2.23. The van der Waals surface area contributed by atoms with Gasteiger partial charge in [-0.1, -0.05) is 29.8 Å². The van der Waals surface area contributed by atoms with Gasteiger partial charge in [-0.05, 0) is 18.3 Å². The largest absolute Gasteiger partial charge is 0.377 e. The molecule has 1 aliphatic heterocycles. The summed E-state index contributed by atoms with van der Waals surface area (Å²) in [5.74, 6) is 1.58. The van der Waals surface area contributed by atoms with Gasteiger partial charge in [0.05, 0.1) is 12.7 Å². The molecule has 0 amide bonds. The molecule has 0 aliphatic carbocycles. The van der Waals surface area contributed by atoms with Crippen LogP contribution in [0.5, 0.6) is 0 Å². The second-order valence-corrected chi connectivity index (χ2v) is 4.00. The first-order valence-electron chi connectivity index (χ1n) is 3.91. The van der Waals surface area contributed by atoms with Crippen LogP contribution in [0, 0.1) is 11.8 Å². The van der Waals surface area contributed by atoms with Gasteiger partial charge in [0.15, 0.2) is 0 Å². The summed E-state index contributed by atoms with van der Waals surface area (Å²) >= 11 is 3.43. The lowest BCUT2D eigenvalue weighted by atomic mass is 9.94. The van der Waals surface area contributed by atoms with Crippen molar-refractivity contribution in [1.82, 2.24) is 0 Å². The molecule has 0 bridgehead atoms. The van der Waals surface area contributed by atoms with E-state index in [0.717, 1.165) is 23.8 Å². The van der Waals surface area contributed by atoms with Gasteiger partial charge in [-0.2, -0.15) is 0 Å². The molecule has 0 aromatic heterocycles. The van der Waals surface area contributed by atoms with E-state index in [0.29, 0.717) is 6.10 Å². The molecule has 0 saturated carbocycles. The Hall–Kier alpha value is 0.440. The number of hydrogen-bond acceptors (Lipinski definition) is 1. The summed E-state index contributed by atoms with van der Waals surface area (Å²) in [4.78, 5) is 0. The molecule has 1 heterocycles. The molecule has 1 saturated heterocycles. The van der Waals surface area contributed by atoms with Crippen LogP contribution in [0.15, 0.2) is 0 Å². The van der Waals surface area contributed by atoms with E-state index in [4.69, 9.17) is 4.74 Å². The van der Waals surface area contributed by atoms with Crippen molar-refractivity contribution in [1.29, 1.82) is 0 Å². The van der Waals surface area contributed by atoms with E-state index in [9.17, 15) is 0 Å². The number of ether oxygens (including phenoxy) is 1. The summed E-state index contributed by atoms with van der Waals surface area (Å²) in [6.07, 6.45) is 1.72. The fourth-order valence-corrected chi connectivity index (χ4v) is 1.76. The fraction of sp³-hybridized carbons (Fsp3) is 1.00. The van der Waals surface area contributed by atoms with E-state index >= 15 is 0 Å². The van der Waals surface area contributed by atoms with Crippen molar-refractivity contribution in [3.8, 4) is 0 Å². The predicted molar refractivity (Wildman–Crippen MR) is 46.5 cm³/mol. The number of hydrogen-bond donors (Lipinski definition) is 0. The Kier molecular flexibility index (Phi) is 3.18. The topological polar surface area (TPSA) is 9.23 Å². The molecule has 0 aromatic carbocycles. The van der Waals surface area contributed by atoms with E-state index < -0.39 is 0 Å². The van der Waals surface area contributed by atoms with Gasteiger partial charge in [-0.3, -0.25) is 0 Å². The molecule has 2 atom stereocenters. The Bertz CT molecular complexity index is 103. The maximum Gasteiger partial charge on any atom is 0.0675 e. The van der Waals surface area contributed by atoms with Crippen molar-refractivity contribution in [2.45, 2.75) is 26.4 Å². The zero-order chi connectivity index (χ0) is 7.56. The molecule has 10 heavy (non-hydrogen) atoms. The fourth-order valence-electron chi connectivity index (χ4n) is 1.31. The highest BCUT2D eigenvalue weighted by Crippen LogP contribution is 2.26. The molecule has 2 heteroatoms. The predicted octanol–water partition coefficient (Wildman–Crippen LogP) is 2.44. The third-order valence-corrected chi connectivity index (χ3v) is 2.95. The lowest BCUT2D eigenvalue weighted by molar-refractivity contribution is 0.120. The summed E-state index contributed by atoms with van der Waals surface area (Å²) in [5.41, 5.74) is 0. The lowest BCUT2D eigenvalue weighted by Crippen LogP contribution is -2.08. The third kappa shape index (κ3) is 1.96. The molecule has 1 fully saturated rings. The zero-order valence-corrected chi connectivity index (χ0v) is 8.23. The second-order valence-electron chi connectivity index (χ2n) is 3.35. The first-order chi connectivity index (χ1) is 4.74. The molecule has 1 rings (SSSR count). The minimum atomic E-state index is 0.479. The van der Waals surface area contributed by atoms with Gasteiger partial charge in [-0.25, -0.2) is 0 Å². The molecule has 60 valence electrons. The summed E-state index contributed by atoms with van der Waals surface area (Å²) in [7, 11) is 0. The minimum Gasteiger partial charge on any atom is -0.377 e. The van der Waals surface area contributed by atoms with Crippen molar-refractivity contribution in [3.63, 3.8) is 0 Å². The van der Waals surface area contributed by atoms with Crippen LogP contribution in [0.25, 0.3) is 0 Å². The molecule has 1 aliphatic rings. The number of halogens is 1. The SMILES string of the molecule is CC(C)C1COC(CBr)C1. The quantitative estimate of drug-likeness (QED) is 0.632. The van der Waals surface area contributed by atoms with Crippen LogP contribution >= 0.6 is 15.9 Å². The minimum absolute atomic E-state index is 0.479. The van der Waals surface area contributed by atoms with Crippen molar-refractivity contribution < 1.29 is 4.74 Å². The Labute approximate surface area is 71.3 Å². The van der Waals surface area contributed by atoms with Crippen molar-refractivity contribution in [3.05, 3.63) is 0 Å². The molecule has 0 radical (unpaired) electrons. The van der Waals surface area contributed by atoms with Crippen LogP contribution in [0.3, 0.4) is 0 Å². The summed E-state index contributed by atoms with van der Waals surface area (Å²) in [5, 5.41) is 0.996. The average Bonchev–Trinajstić information content (AvgIpc) is 2.34. The average molecular weight is 207 g/mol. The van der Waals surface area contributed by atoms with E-state index in [1.54, 1.807) is 0 Å². The molecule has 1 nitrogen and oxygen atoms in total. The molecule has 0 N–H and O–H groups in total. The highest BCUT2D eigenvalue weighted by molar-refractivity contribution is 9.09. The molecule has 2 unspecified atom stereocenters. The lowest BCUT2D eigenvalue weighted by Gasteiger charge is -2.10. The van der Waals surface area contributed by atoms with Gasteiger partial charge >= 0.3 is 0 Å². The Morgan fingerprint density at radius 2 is 2.30 bits per heavy atom. The van der Waals surface area contributed by atoms with Gasteiger partial charge in [0.2, 0.25) is 0 Å². The second kappa shape index (κ2) is 3.72. The summed E-state index contributed by atoms with van der Waals surface area (Å²) in [6.45, 7) is 5.50. The first-order valence-corrected chi connectivity index (χ1v) is 5.03. The highest BCUT2D eigenvalue weighted by Gasteiger charge is 2.26. The van der Waals surface area contributed by atoms with Gasteiger partial charge in [0.25, 0.3) is 0 Å². The highest BCUT2D eigenvalue weighted by atomic mass is 79.9. The monoisotopic (exact) mass is 206 g/mol. The molecule has 0 aromatic rings. The van der Waals surface area contributed by atoms with Crippen LogP contribution < -0.4 is 0 Å². The van der Waals surface area contributed by atoms with Crippen LogP contribution in [-0.4, -0.2) is 18.0 Å². The van der Waals surface area contributed by atoms with Crippen molar-refractivity contribution in [2.75, 3.05) is 11.9 Å². The van der Waals surface area contributed by atoms with Crippen molar-refractivity contribution >= 4 is 15.9 Å². The maximum absolute atomic E-state index is 5.53. The number of alkyl halides is 1. The van der Waals surface area contributed by atoms with E-state index in [2.05, 4.69) is 29.8 Å². The molecule has 0 spiro atoms. The maximum atomic E-state index is 5.53. The zero-order valence-electron chi connectivity index (χ0n) is 6.64. The smallest absolute Gasteiger partial charge is 0.0675 e. The van der Waals surface area contributed by atoms with Crippen LogP contribution in [0.2, 0.25) is 0 Å². The first kappa shape index (κ1) is 8.54. The van der Waals surface area contributed by atoms with E-state index in [1.807, 2.05) is 0 Å². The van der Waals surface area contributed by atoms with E-state index in [1.165, 1.54) is 6.42 Å². The van der Waals surface area contributed by atoms with Crippen molar-refractivity contribution in [2.24, 2.45) is 11.8 Å². The van der Waals surface area contributed by atoms with E-state index in [-0.39, 0.29) is 0 Å². The van der Waals surface area contributed by atoms with Crippen LogP contribution in [-0.2, 0) is 4.74 Å². The number of rotatable bonds is 2. The molecular weight excluding hydrogens is 192 g/mol. The Morgan fingerprint density at radius 3 is 2.60 bits per heavy atom. The van der Waals surface area contributed by atoms with Gasteiger partial charge in [0, 0.05) is 5.33 Å². The van der Waals surface area contributed by atoms with Gasteiger partial charge in [0.1, 0.15) is 0 Å². The van der Waals surface area contributed by atoms with Gasteiger partial charge < -0.3 is 4.74 Å². The summed E-state index contributed by atoms with van der Waals surface area (Å²) < 4.78 is 5.53. The van der Waals surface area contributed by atoms with Gasteiger partial charge in [-0.15, -0.1) is 0 Å². The van der Waals surface area contributed by atoms with Crippen LogP contribution in [0.1, 0.15) is 20.3 Å². The Morgan fingerprint density at radius 1 is 1.60 bits per heavy atom.